The first kappa shape index (κ1) is 34.9. The lowest BCUT2D eigenvalue weighted by atomic mass is 9.31. The van der Waals surface area contributed by atoms with Crippen molar-refractivity contribution < 1.29 is 0 Å². The van der Waals surface area contributed by atoms with E-state index in [1.807, 2.05) is 23.5 Å². The molecule has 0 fully saturated rings. The molecule has 0 spiro atoms. The molecule has 62 heavy (non-hydrogen) atoms. The van der Waals surface area contributed by atoms with Crippen LogP contribution in [0.3, 0.4) is 0 Å². The summed E-state index contributed by atoms with van der Waals surface area (Å²) >= 11 is 3.95. The number of hydrogen-bond acceptors (Lipinski definition) is 4. The number of aromatic nitrogens is 1. The van der Waals surface area contributed by atoms with Crippen LogP contribution in [0.2, 0.25) is 0 Å². The van der Waals surface area contributed by atoms with Crippen molar-refractivity contribution in [3.05, 3.63) is 200 Å². The summed E-state index contributed by atoms with van der Waals surface area (Å²) in [6, 6.07) is 72.0. The molecule has 3 nitrogen and oxygen atoms in total. The first-order chi connectivity index (χ1) is 30.7. The van der Waals surface area contributed by atoms with Gasteiger partial charge in [0, 0.05) is 81.2 Å². The van der Waals surface area contributed by atoms with Crippen molar-refractivity contribution in [1.82, 2.24) is 4.57 Å². The minimum absolute atomic E-state index is 0.0723. The molecule has 14 rings (SSSR count). The molecule has 9 aromatic carbocycles. The zero-order valence-electron chi connectivity index (χ0n) is 33.8. The molecule has 0 amide bonds. The smallest absolute Gasteiger partial charge is 0.249 e. The molecule has 0 unspecified atom stereocenters. The SMILES string of the molecule is Cc1c2c3c4c5c1Sc1ccccc1B5c1cc(N(c5ccccc5)c5ccccc5)cc5c6cc(N(c7ccccc7)c7ccccc7)cc(c6n-4c15)B3c1ccccc1S2. The predicted molar refractivity (Wildman–Crippen MR) is 265 cm³/mol. The van der Waals surface area contributed by atoms with Gasteiger partial charge in [0.2, 0.25) is 13.4 Å². The maximum absolute atomic E-state index is 2.72. The van der Waals surface area contributed by atoms with Gasteiger partial charge < -0.3 is 14.4 Å². The fourth-order valence-corrected chi connectivity index (χ4v) is 13.7. The lowest BCUT2D eigenvalue weighted by molar-refractivity contribution is 1.12. The van der Waals surface area contributed by atoms with E-state index < -0.39 is 0 Å². The number of hydrogen-bond donors (Lipinski definition) is 0. The fraction of sp³-hybridized carbons (Fsp3) is 0.0182. The van der Waals surface area contributed by atoms with Crippen LogP contribution >= 0.6 is 23.5 Å². The lowest BCUT2D eigenvalue weighted by Gasteiger charge is -2.42. The number of benzene rings is 9. The summed E-state index contributed by atoms with van der Waals surface area (Å²) in [4.78, 5) is 10.4. The summed E-state index contributed by atoms with van der Waals surface area (Å²) in [7, 11) is 0. The topological polar surface area (TPSA) is 11.4 Å². The van der Waals surface area contributed by atoms with Crippen molar-refractivity contribution in [1.29, 1.82) is 0 Å². The predicted octanol–water partition coefficient (Wildman–Crippen LogP) is 10.6. The van der Waals surface area contributed by atoms with Crippen LogP contribution in [-0.4, -0.2) is 18.0 Å². The summed E-state index contributed by atoms with van der Waals surface area (Å²) in [5.41, 5.74) is 20.8. The van der Waals surface area contributed by atoms with Gasteiger partial charge in [0.15, 0.2) is 0 Å². The first-order valence-corrected chi connectivity index (χ1v) is 23.1. The van der Waals surface area contributed by atoms with Gasteiger partial charge >= 0.3 is 0 Å². The third kappa shape index (κ3) is 4.72. The highest BCUT2D eigenvalue weighted by Crippen LogP contribution is 2.48. The molecule has 0 N–H and O–H groups in total. The zero-order valence-corrected chi connectivity index (χ0v) is 35.4. The molecule has 4 aliphatic rings. The number of anilines is 6. The number of para-hydroxylation sites is 4. The third-order valence-electron chi connectivity index (χ3n) is 13.5. The zero-order chi connectivity index (χ0) is 40.6. The van der Waals surface area contributed by atoms with Gasteiger partial charge in [-0.3, -0.25) is 0 Å². The van der Waals surface area contributed by atoms with Crippen molar-refractivity contribution in [3.8, 4) is 5.69 Å². The summed E-state index contributed by atoms with van der Waals surface area (Å²) < 4.78 is 2.72. The Hall–Kier alpha value is -6.79. The van der Waals surface area contributed by atoms with Crippen molar-refractivity contribution >= 4 is 126 Å². The van der Waals surface area contributed by atoms with Crippen LogP contribution in [0.25, 0.3) is 27.5 Å². The molecule has 0 aliphatic carbocycles. The highest BCUT2D eigenvalue weighted by atomic mass is 32.2. The Kier molecular flexibility index (Phi) is 7.37. The van der Waals surface area contributed by atoms with Crippen molar-refractivity contribution in [2.45, 2.75) is 26.5 Å². The second-order valence-corrected chi connectivity index (χ2v) is 18.9. The number of fused-ring (bicyclic) bond motifs is 7. The highest BCUT2D eigenvalue weighted by molar-refractivity contribution is 8.01. The summed E-state index contributed by atoms with van der Waals surface area (Å²) in [6.45, 7) is 2.54. The molecule has 5 heterocycles. The minimum atomic E-state index is 0.0723. The maximum atomic E-state index is 2.72. The Bertz CT molecular complexity index is 3200. The number of rotatable bonds is 6. The summed E-state index contributed by atoms with van der Waals surface area (Å²) in [5, 5.41) is 2.57. The van der Waals surface area contributed by atoms with E-state index >= 15 is 0 Å². The second-order valence-electron chi connectivity index (χ2n) is 16.8. The Labute approximate surface area is 369 Å². The highest BCUT2D eigenvalue weighted by Gasteiger charge is 2.49. The Balaban J connectivity index is 1.19. The van der Waals surface area contributed by atoms with E-state index in [9.17, 15) is 0 Å². The molecule has 10 aromatic rings. The van der Waals surface area contributed by atoms with Gasteiger partial charge in [-0.1, -0.05) is 144 Å². The normalized spacial score (nSPS) is 13.4. The summed E-state index contributed by atoms with van der Waals surface area (Å²) in [5.74, 6) is 0. The van der Waals surface area contributed by atoms with E-state index in [0.717, 1.165) is 34.1 Å². The molecule has 1 aromatic heterocycles. The van der Waals surface area contributed by atoms with E-state index in [1.54, 1.807) is 0 Å². The van der Waals surface area contributed by atoms with Crippen LogP contribution in [0.15, 0.2) is 214 Å². The minimum Gasteiger partial charge on any atom is -0.311 e. The van der Waals surface area contributed by atoms with Gasteiger partial charge in [-0.25, -0.2) is 0 Å². The van der Waals surface area contributed by atoms with E-state index in [0.29, 0.717) is 0 Å². The monoisotopic (exact) mass is 823 g/mol. The van der Waals surface area contributed by atoms with Crippen LogP contribution in [0, 0.1) is 6.92 Å². The maximum Gasteiger partial charge on any atom is 0.249 e. The van der Waals surface area contributed by atoms with Crippen LogP contribution in [0.4, 0.5) is 34.1 Å². The molecule has 0 saturated heterocycles. The Morgan fingerprint density at radius 2 is 0.742 bits per heavy atom. The average molecular weight is 824 g/mol. The fourth-order valence-electron chi connectivity index (χ4n) is 11.1. The molecule has 0 saturated carbocycles. The van der Waals surface area contributed by atoms with Crippen molar-refractivity contribution in [2.24, 2.45) is 0 Å². The molecule has 7 heteroatoms. The Morgan fingerprint density at radius 3 is 1.13 bits per heavy atom. The van der Waals surface area contributed by atoms with Gasteiger partial charge in [-0.05, 0) is 119 Å². The van der Waals surface area contributed by atoms with Gasteiger partial charge in [-0.2, -0.15) is 0 Å². The molecule has 4 aliphatic heterocycles. The van der Waals surface area contributed by atoms with E-state index in [2.05, 4.69) is 215 Å². The third-order valence-corrected chi connectivity index (χ3v) is 16.2. The largest absolute Gasteiger partial charge is 0.311 e. The van der Waals surface area contributed by atoms with E-state index in [1.165, 1.54) is 85.4 Å². The van der Waals surface area contributed by atoms with Crippen LogP contribution in [0.5, 0.6) is 0 Å². The molecule has 0 radical (unpaired) electrons. The Morgan fingerprint density at radius 1 is 0.387 bits per heavy atom. The van der Waals surface area contributed by atoms with Crippen molar-refractivity contribution in [3.63, 3.8) is 0 Å². The summed E-state index contributed by atoms with van der Waals surface area (Å²) in [6.07, 6.45) is 0. The number of nitrogens with zero attached hydrogens (tertiary/aromatic N) is 3. The van der Waals surface area contributed by atoms with Crippen LogP contribution in [-0.2, 0) is 0 Å². The molecule has 0 bridgehead atoms. The average Bonchev–Trinajstić information content (AvgIpc) is 3.66. The van der Waals surface area contributed by atoms with Gasteiger partial charge in [-0.15, -0.1) is 0 Å². The molecule has 288 valence electrons. The quantitative estimate of drug-likeness (QED) is 0.155. The lowest BCUT2D eigenvalue weighted by Crippen LogP contribution is -2.66. The standard InChI is InChI=1S/C55H35B2N3S2/c1-34-54-49-53-50-55(34)62-48-29-17-15-27-44(48)57(50)46-33-40(59(37-22-10-4-11-23-37)38-24-12-5-13-25-38)31-42-41-30-39(58(35-18-6-2-7-19-35)36-20-8-3-9-21-36)32-45(51(41)60(53)52(42)46)56(49)43-26-14-16-28-47(43)61-54/h2-33H,1H3. The first-order valence-electron chi connectivity index (χ1n) is 21.4. The van der Waals surface area contributed by atoms with E-state index in [4.69, 9.17) is 0 Å². The van der Waals surface area contributed by atoms with Gasteiger partial charge in [0.1, 0.15) is 0 Å². The van der Waals surface area contributed by atoms with Crippen molar-refractivity contribution in [2.75, 3.05) is 9.80 Å². The molecular formula is C55H35B2N3S2. The van der Waals surface area contributed by atoms with Crippen LogP contribution < -0.4 is 42.6 Å². The molecular weight excluding hydrogens is 788 g/mol. The molecule has 0 atom stereocenters. The van der Waals surface area contributed by atoms with E-state index in [-0.39, 0.29) is 13.4 Å². The van der Waals surface area contributed by atoms with Gasteiger partial charge in [0.25, 0.3) is 0 Å². The van der Waals surface area contributed by atoms with Crippen LogP contribution in [0.1, 0.15) is 5.56 Å². The van der Waals surface area contributed by atoms with Gasteiger partial charge in [0.05, 0.1) is 0 Å². The second kappa shape index (κ2) is 13.1.